The molecule has 0 saturated carbocycles. The second-order valence-electron chi connectivity index (χ2n) is 33.1. The smallest absolute Gasteiger partial charge is 0.209 e. The lowest BCUT2D eigenvalue weighted by Gasteiger charge is -2.14. The van der Waals surface area contributed by atoms with Crippen LogP contribution >= 0.6 is 0 Å². The molecule has 10 nitrogen and oxygen atoms in total. The SMILES string of the molecule is CC(C)c1cc(F)cc(CCCN2CCCC2)c1.CC(C)c1cc(F)cc(CNCN(C)C)c1.CC(C)c1cc(F)cc(CNS(C)(=O)=O)c1.CC(C)c1cc(F)cc(OCCN(C)C)c1.CC(C)c1cc(O)cc(F)c1.CC(C)c1ccc(F)cc1.CC(C)c1cccc(F)c1.CC(C)c1ccccc1F.COc1cc(F)cc(C(C)C)c1. The maximum absolute atomic E-state index is 13.5. The number of nitrogens with one attached hydrogen (secondary N) is 2. The van der Waals surface area contributed by atoms with E-state index < -0.39 is 10.0 Å². The lowest BCUT2D eigenvalue weighted by molar-refractivity contribution is 0.260. The van der Waals surface area contributed by atoms with E-state index in [2.05, 4.69) is 82.5 Å². The fraction of sp³-hybridized carbons (Fsp3) is 0.455. The van der Waals surface area contributed by atoms with Gasteiger partial charge in [0.05, 0.1) is 13.4 Å². The second kappa shape index (κ2) is 56.2. The van der Waals surface area contributed by atoms with Gasteiger partial charge in [-0.3, -0.25) is 4.90 Å². The molecule has 1 aliphatic heterocycles. The Bertz CT molecular complexity index is 4360. The van der Waals surface area contributed by atoms with Gasteiger partial charge in [-0.05, 0) is 297 Å². The van der Waals surface area contributed by atoms with Gasteiger partial charge >= 0.3 is 0 Å². The number of halogens is 9. The molecule has 9 aromatic rings. The van der Waals surface area contributed by atoms with Crippen LogP contribution in [0.1, 0.15) is 264 Å². The van der Waals surface area contributed by atoms with Gasteiger partial charge in [-0.25, -0.2) is 52.7 Å². The van der Waals surface area contributed by atoms with Crippen LogP contribution in [0.3, 0.4) is 0 Å². The summed E-state index contributed by atoms with van der Waals surface area (Å²) in [7, 11) is 6.26. The monoisotopic (exact) mass is 1680 g/mol. The van der Waals surface area contributed by atoms with Crippen molar-refractivity contribution in [3.05, 3.63) is 301 Å². The number of hydrogen-bond donors (Lipinski definition) is 3. The van der Waals surface area contributed by atoms with E-state index in [0.29, 0.717) is 65.7 Å². The molecule has 0 aromatic heterocycles. The number of hydrogen-bond acceptors (Lipinski definition) is 9. The zero-order valence-electron chi connectivity index (χ0n) is 75.2. The van der Waals surface area contributed by atoms with E-state index in [1.165, 1.54) is 92.2 Å². The summed E-state index contributed by atoms with van der Waals surface area (Å²) in [6.45, 7) is 43.3. The van der Waals surface area contributed by atoms with Gasteiger partial charge in [-0.15, -0.1) is 0 Å². The highest BCUT2D eigenvalue weighted by molar-refractivity contribution is 7.88. The van der Waals surface area contributed by atoms with Crippen molar-refractivity contribution in [3.63, 3.8) is 0 Å². The Labute approximate surface area is 709 Å². The number of rotatable bonds is 25. The molecule has 20 heteroatoms. The van der Waals surface area contributed by atoms with Crippen LogP contribution < -0.4 is 19.5 Å². The number of likely N-dealkylation sites (N-methyl/N-ethyl adjacent to an activating group) is 1. The summed E-state index contributed by atoms with van der Waals surface area (Å²) in [5, 5.41) is 12.3. The average molecular weight is 1680 g/mol. The maximum atomic E-state index is 13.5. The zero-order chi connectivity index (χ0) is 89.8. The van der Waals surface area contributed by atoms with Crippen LogP contribution in [0.2, 0.25) is 0 Å². The van der Waals surface area contributed by atoms with Crippen molar-refractivity contribution in [2.45, 2.75) is 217 Å². The number of methoxy groups -OCH3 is 1. The van der Waals surface area contributed by atoms with Crippen molar-refractivity contribution in [2.24, 2.45) is 0 Å². The van der Waals surface area contributed by atoms with Crippen molar-refractivity contribution in [2.75, 3.05) is 81.0 Å². The molecule has 0 spiro atoms. The third kappa shape index (κ3) is 47.3. The number of likely N-dealkylation sites (tertiary alicyclic amines) is 1. The van der Waals surface area contributed by atoms with Crippen LogP contribution in [0.5, 0.6) is 17.2 Å². The Hall–Kier alpha value is -8.50. The summed E-state index contributed by atoms with van der Waals surface area (Å²) < 4.78 is 151. The molecule has 658 valence electrons. The van der Waals surface area contributed by atoms with Crippen LogP contribution in [-0.2, 0) is 29.5 Å². The second-order valence-corrected chi connectivity index (χ2v) is 35.0. The highest BCUT2D eigenvalue weighted by Gasteiger charge is 2.14. The van der Waals surface area contributed by atoms with Crippen LogP contribution in [0.15, 0.2) is 182 Å². The quantitative estimate of drug-likeness (QED) is 0.0381. The molecule has 0 radical (unpaired) electrons. The van der Waals surface area contributed by atoms with Crippen molar-refractivity contribution in [3.8, 4) is 17.2 Å². The van der Waals surface area contributed by atoms with E-state index in [0.717, 1.165) is 101 Å². The first-order chi connectivity index (χ1) is 55.7. The molecular weight excluding hydrogens is 1540 g/mol. The van der Waals surface area contributed by atoms with Gasteiger partial charge < -0.3 is 29.7 Å². The van der Waals surface area contributed by atoms with Crippen molar-refractivity contribution in [1.82, 2.24) is 24.7 Å². The Morgan fingerprint density at radius 1 is 0.403 bits per heavy atom. The molecule has 0 amide bonds. The summed E-state index contributed by atoms with van der Waals surface area (Å²) in [4.78, 5) is 6.59. The van der Waals surface area contributed by atoms with Gasteiger partial charge in [-0.2, -0.15) is 0 Å². The zero-order valence-corrected chi connectivity index (χ0v) is 76.1. The fourth-order valence-electron chi connectivity index (χ4n) is 11.5. The lowest BCUT2D eigenvalue weighted by atomic mass is 9.98. The summed E-state index contributed by atoms with van der Waals surface area (Å²) in [6, 6.07) is 49.4. The molecule has 0 atom stereocenters. The van der Waals surface area contributed by atoms with E-state index in [1.807, 2.05) is 156 Å². The molecule has 1 fully saturated rings. The molecule has 0 unspecified atom stereocenters. The molecule has 10 rings (SSSR count). The molecule has 1 heterocycles. The number of ether oxygens (including phenoxy) is 2. The average Bonchev–Trinajstić information content (AvgIpc) is 1.05. The van der Waals surface area contributed by atoms with Crippen LogP contribution in [0, 0.1) is 52.4 Å². The Kier molecular flexibility index (Phi) is 50.3. The fourth-order valence-corrected chi connectivity index (χ4v) is 11.9. The molecule has 119 heavy (non-hydrogen) atoms. The van der Waals surface area contributed by atoms with E-state index in [4.69, 9.17) is 14.6 Å². The lowest BCUT2D eigenvalue weighted by Crippen LogP contribution is -2.27. The van der Waals surface area contributed by atoms with E-state index in [9.17, 15) is 47.9 Å². The Balaban J connectivity index is 0.000000457. The minimum atomic E-state index is -3.24. The van der Waals surface area contributed by atoms with E-state index >= 15 is 0 Å². The molecule has 0 aliphatic carbocycles. The molecular formula is C99H138F9N5O5S. The first-order valence-electron chi connectivity index (χ1n) is 41.3. The summed E-state index contributed by atoms with van der Waals surface area (Å²) in [5.41, 5.74) is 11.6. The largest absolute Gasteiger partial charge is 0.508 e. The molecule has 9 aromatic carbocycles. The predicted octanol–water partition coefficient (Wildman–Crippen LogP) is 25.9. The van der Waals surface area contributed by atoms with Gasteiger partial charge in [0, 0.05) is 44.5 Å². The normalized spacial score (nSPS) is 11.8. The van der Waals surface area contributed by atoms with Gasteiger partial charge in [0.2, 0.25) is 10.0 Å². The van der Waals surface area contributed by atoms with Gasteiger partial charge in [0.25, 0.3) is 0 Å². The van der Waals surface area contributed by atoms with Crippen LogP contribution in [-0.4, -0.2) is 109 Å². The predicted molar refractivity (Wildman–Crippen MR) is 478 cm³/mol. The van der Waals surface area contributed by atoms with Crippen LogP contribution in [0.25, 0.3) is 0 Å². The Morgan fingerprint density at radius 2 is 0.807 bits per heavy atom. The molecule has 3 N–H and O–H groups in total. The van der Waals surface area contributed by atoms with Crippen LogP contribution in [0.4, 0.5) is 39.5 Å². The number of nitrogens with zero attached hydrogens (tertiary/aromatic N) is 3. The highest BCUT2D eigenvalue weighted by atomic mass is 32.2. The van der Waals surface area contributed by atoms with Gasteiger partial charge in [-0.1, -0.05) is 185 Å². The first-order valence-corrected chi connectivity index (χ1v) is 43.2. The Morgan fingerprint density at radius 3 is 1.21 bits per heavy atom. The number of phenols is 1. The minimum Gasteiger partial charge on any atom is -0.508 e. The van der Waals surface area contributed by atoms with Crippen molar-refractivity contribution >= 4 is 10.0 Å². The highest BCUT2D eigenvalue weighted by Crippen LogP contribution is 2.27. The third-order valence-corrected chi connectivity index (χ3v) is 19.4. The number of phenolic OH excluding ortho intramolecular Hbond substituents is 1. The number of sulfonamides is 1. The molecule has 1 aliphatic rings. The van der Waals surface area contributed by atoms with E-state index in [-0.39, 0.29) is 82.4 Å². The third-order valence-electron chi connectivity index (χ3n) is 18.7. The molecule has 1 saturated heterocycles. The number of benzene rings is 9. The summed E-state index contributed by atoms with van der Waals surface area (Å²) >= 11 is 0. The first kappa shape index (κ1) is 107. The van der Waals surface area contributed by atoms with Gasteiger partial charge in [0.15, 0.2) is 0 Å². The number of aryl methyl sites for hydroxylation is 1. The van der Waals surface area contributed by atoms with Crippen molar-refractivity contribution in [1.29, 1.82) is 0 Å². The maximum Gasteiger partial charge on any atom is 0.209 e. The summed E-state index contributed by atoms with van der Waals surface area (Å²) in [5.74, 6) is 2.41. The topological polar surface area (TPSA) is 107 Å². The van der Waals surface area contributed by atoms with E-state index in [1.54, 1.807) is 61.7 Å². The minimum absolute atomic E-state index is 0.00583. The van der Waals surface area contributed by atoms with Gasteiger partial charge in [0.1, 0.15) is 76.2 Å². The number of aromatic hydroxyl groups is 1. The standard InChI is InChI=1S/C16H24FN.C13H21FN2.C13H20FNO.C11H16FNO2S.C10H13FO.C9H11FO.3C9H11F/c1-13(2)15-10-14(11-16(17)12-15)6-5-9-18-7-3-4-8-18;1-10(2)12-5-11(6-13(14)7-12)8-15-9-16(3)4;1-10(2)11-7-12(14)9-13(8-11)16-6-5-15(3)4;1-8(2)10-4-9(5-11(12)6-10)7-13-16(3,14)15;1-7(2)8-4-9(11)6-10(5-8)12-3;1-6(2)7-3-8(10)5-9(11)4-7;1-7(2)8-3-5-9(10)6-4-8;1-7(2)8-4-3-5-9(10)6-8;1-7(2)8-5-3-4-6-9(8)10/h10-13H,3-9H2,1-2H3;5-7,10,15H,8-9H2,1-4H3;7-10H,5-6H2,1-4H3;4-6,8,13H,7H2,1-3H3;4-7H,1-3H3;3-6,11H,1-2H3;3*3-7H,1-2H3. The summed E-state index contributed by atoms with van der Waals surface area (Å²) in [6.07, 6.45) is 5.90. The van der Waals surface area contributed by atoms with Crippen molar-refractivity contribution < 1.29 is 62.5 Å². The molecule has 0 bridgehead atoms.